The van der Waals surface area contributed by atoms with Gasteiger partial charge in [-0.25, -0.2) is 0 Å². The predicted molar refractivity (Wildman–Crippen MR) is 268 cm³/mol. The summed E-state index contributed by atoms with van der Waals surface area (Å²) in [6.07, 6.45) is 0. The van der Waals surface area contributed by atoms with Crippen molar-refractivity contribution in [3.05, 3.63) is 253 Å². The Labute approximate surface area is 380 Å². The van der Waals surface area contributed by atoms with Gasteiger partial charge in [-0.1, -0.05) is 152 Å². The number of furan rings is 2. The summed E-state index contributed by atoms with van der Waals surface area (Å²) in [6.45, 7) is 0. The van der Waals surface area contributed by atoms with Crippen molar-refractivity contribution >= 4 is 78.0 Å². The minimum atomic E-state index is -0.658. The molecule has 0 atom stereocenters. The van der Waals surface area contributed by atoms with E-state index in [2.05, 4.69) is 222 Å². The number of ether oxygens (including phenoxy) is 1. The minimum Gasteiger partial charge on any atom is -0.457 e. The zero-order valence-electron chi connectivity index (χ0n) is 35.6. The van der Waals surface area contributed by atoms with Gasteiger partial charge in [-0.2, -0.15) is 0 Å². The Morgan fingerprint density at radius 3 is 1.58 bits per heavy atom. The fraction of sp³-hybridized carbons (Fsp3) is 0.0164. The minimum absolute atomic E-state index is 0.658. The summed E-state index contributed by atoms with van der Waals surface area (Å²) in [7, 11) is 0. The zero-order valence-corrected chi connectivity index (χ0v) is 35.6. The van der Waals surface area contributed by atoms with Crippen molar-refractivity contribution in [2.24, 2.45) is 0 Å². The molecule has 5 nitrogen and oxygen atoms in total. The highest BCUT2D eigenvalue weighted by atomic mass is 16.5. The van der Waals surface area contributed by atoms with Crippen molar-refractivity contribution in [3.63, 3.8) is 0 Å². The number of rotatable bonds is 6. The lowest BCUT2D eigenvalue weighted by Crippen LogP contribution is -2.32. The van der Waals surface area contributed by atoms with Crippen molar-refractivity contribution in [2.75, 3.05) is 9.80 Å². The molecule has 2 aromatic heterocycles. The van der Waals surface area contributed by atoms with E-state index in [1.54, 1.807) is 0 Å². The highest BCUT2D eigenvalue weighted by Gasteiger charge is 2.51. The second kappa shape index (κ2) is 14.1. The highest BCUT2D eigenvalue weighted by molar-refractivity contribution is 6.19. The fourth-order valence-electron chi connectivity index (χ4n) is 11.0. The van der Waals surface area contributed by atoms with Gasteiger partial charge in [0.2, 0.25) is 0 Å². The molecule has 0 radical (unpaired) electrons. The maximum atomic E-state index is 7.16. The number of anilines is 6. The molecule has 0 unspecified atom stereocenters. The number of benzene rings is 10. The Morgan fingerprint density at radius 1 is 0.318 bits per heavy atom. The van der Waals surface area contributed by atoms with E-state index >= 15 is 0 Å². The van der Waals surface area contributed by atoms with E-state index < -0.39 is 5.41 Å². The van der Waals surface area contributed by atoms with E-state index in [1.165, 1.54) is 22.3 Å². The van der Waals surface area contributed by atoms with Crippen LogP contribution in [0.4, 0.5) is 34.1 Å². The predicted octanol–water partition coefficient (Wildman–Crippen LogP) is 16.9. The van der Waals surface area contributed by atoms with Gasteiger partial charge in [0, 0.05) is 44.3 Å². The molecule has 0 fully saturated rings. The van der Waals surface area contributed by atoms with Crippen LogP contribution in [0.15, 0.2) is 239 Å². The monoisotopic (exact) mass is 846 g/mol. The molecule has 10 aromatic carbocycles. The molecule has 12 aromatic rings. The number of nitrogens with zero attached hydrogens (tertiary/aromatic N) is 2. The number of para-hydroxylation sites is 6. The summed E-state index contributed by atoms with van der Waals surface area (Å²) in [4.78, 5) is 4.65. The molecule has 0 saturated carbocycles. The molecular formula is C61H38N2O3. The van der Waals surface area contributed by atoms with Crippen LogP contribution in [0.3, 0.4) is 0 Å². The van der Waals surface area contributed by atoms with Gasteiger partial charge in [0.1, 0.15) is 22.7 Å². The SMILES string of the molecule is c1ccc(N(c2ccccc2)c2ccc(N(c3ccc4c(c3)C3(c5ccccc5O4)c4ccccc4-c4ccccc43)c3cccc4c3oc3ccccc34)c3oc4ccccc4c23)cc1. The molecular weight excluding hydrogens is 809 g/mol. The summed E-state index contributed by atoms with van der Waals surface area (Å²) in [5, 5.41) is 4.13. The highest BCUT2D eigenvalue weighted by Crippen LogP contribution is 2.63. The van der Waals surface area contributed by atoms with Crippen molar-refractivity contribution in [1.82, 2.24) is 0 Å². The summed E-state index contributed by atoms with van der Waals surface area (Å²) in [5.74, 6) is 1.67. The maximum Gasteiger partial charge on any atom is 0.161 e. The van der Waals surface area contributed by atoms with E-state index in [1.807, 2.05) is 18.2 Å². The molecule has 1 aliphatic heterocycles. The van der Waals surface area contributed by atoms with Gasteiger partial charge in [-0.3, -0.25) is 0 Å². The first kappa shape index (κ1) is 36.7. The molecule has 0 saturated heterocycles. The molecule has 1 aliphatic carbocycles. The topological polar surface area (TPSA) is 42.0 Å². The van der Waals surface area contributed by atoms with E-state index in [9.17, 15) is 0 Å². The smallest absolute Gasteiger partial charge is 0.161 e. The first-order chi connectivity index (χ1) is 32.8. The van der Waals surface area contributed by atoms with Crippen molar-refractivity contribution in [3.8, 4) is 22.6 Å². The number of fused-ring (bicyclic) bond motifs is 15. The Kier molecular flexibility index (Phi) is 7.83. The van der Waals surface area contributed by atoms with Crippen molar-refractivity contribution < 1.29 is 13.6 Å². The lowest BCUT2D eigenvalue weighted by molar-refractivity contribution is 0.436. The van der Waals surface area contributed by atoms with Gasteiger partial charge in [0.25, 0.3) is 0 Å². The number of hydrogen-bond donors (Lipinski definition) is 0. The van der Waals surface area contributed by atoms with Crippen LogP contribution in [0.25, 0.3) is 55.0 Å². The van der Waals surface area contributed by atoms with Gasteiger partial charge < -0.3 is 23.4 Å². The molecule has 3 heterocycles. The summed E-state index contributed by atoms with van der Waals surface area (Å²) in [5.41, 5.74) is 15.4. The average Bonchev–Trinajstić information content (AvgIpc) is 4.06. The van der Waals surface area contributed by atoms with Crippen LogP contribution >= 0.6 is 0 Å². The first-order valence-electron chi connectivity index (χ1n) is 22.4. The van der Waals surface area contributed by atoms with Crippen LogP contribution < -0.4 is 14.5 Å². The first-order valence-corrected chi connectivity index (χ1v) is 22.4. The lowest BCUT2D eigenvalue weighted by Gasteiger charge is -2.40. The van der Waals surface area contributed by atoms with Crippen LogP contribution in [-0.2, 0) is 5.41 Å². The third kappa shape index (κ3) is 5.11. The van der Waals surface area contributed by atoms with Gasteiger partial charge in [-0.05, 0) is 101 Å². The molecule has 0 N–H and O–H groups in total. The molecule has 310 valence electrons. The standard InChI is InChI=1S/C61H38N2O3/c1-3-18-39(19-4-1)62(40-20-5-2-6-21-40)51-35-36-53(60-58(51)46-25-10-15-32-55(46)66-60)63(52-30-17-26-45-44-24-9-14-31-54(44)65-59(45)52)41-34-37-57-50(38-41)61(49-29-13-16-33-56(49)64-57)47-27-11-7-22-42(47)43-23-8-12-28-48(43)61/h1-38H. The molecule has 1 spiro atoms. The summed E-state index contributed by atoms with van der Waals surface area (Å²) in [6, 6.07) is 81.6. The Balaban J connectivity index is 1.09. The second-order valence-electron chi connectivity index (χ2n) is 17.1. The quantitative estimate of drug-likeness (QED) is 0.167. The van der Waals surface area contributed by atoms with Crippen molar-refractivity contribution in [2.45, 2.75) is 5.41 Å². The van der Waals surface area contributed by atoms with E-state index in [4.69, 9.17) is 13.6 Å². The Hall–Kier alpha value is -8.80. The van der Waals surface area contributed by atoms with E-state index in [-0.39, 0.29) is 0 Å². The van der Waals surface area contributed by atoms with Gasteiger partial charge in [0.15, 0.2) is 11.2 Å². The van der Waals surface area contributed by atoms with Gasteiger partial charge in [-0.15, -0.1) is 0 Å². The van der Waals surface area contributed by atoms with Crippen LogP contribution in [0.5, 0.6) is 11.5 Å². The molecule has 0 bridgehead atoms. The average molecular weight is 847 g/mol. The van der Waals surface area contributed by atoms with E-state index in [0.29, 0.717) is 0 Å². The fourth-order valence-corrected chi connectivity index (χ4v) is 11.0. The zero-order chi connectivity index (χ0) is 43.3. The van der Waals surface area contributed by atoms with Gasteiger partial charge in [0.05, 0.1) is 27.9 Å². The third-order valence-electron chi connectivity index (χ3n) is 13.7. The summed E-state index contributed by atoms with van der Waals surface area (Å²) < 4.78 is 21.0. The van der Waals surface area contributed by atoms with E-state index in [0.717, 1.165) is 101 Å². The van der Waals surface area contributed by atoms with Crippen LogP contribution in [0, 0.1) is 0 Å². The largest absolute Gasteiger partial charge is 0.457 e. The third-order valence-corrected chi connectivity index (χ3v) is 13.7. The Bertz CT molecular complexity index is 3800. The van der Waals surface area contributed by atoms with Crippen molar-refractivity contribution in [1.29, 1.82) is 0 Å². The maximum absolute atomic E-state index is 7.16. The van der Waals surface area contributed by atoms with Gasteiger partial charge >= 0.3 is 0 Å². The van der Waals surface area contributed by atoms with Crippen LogP contribution in [-0.4, -0.2) is 0 Å². The molecule has 66 heavy (non-hydrogen) atoms. The normalized spacial score (nSPS) is 13.1. The number of hydrogen-bond acceptors (Lipinski definition) is 5. The lowest BCUT2D eigenvalue weighted by atomic mass is 9.66. The van der Waals surface area contributed by atoms with Crippen LogP contribution in [0.2, 0.25) is 0 Å². The molecule has 0 amide bonds. The Morgan fingerprint density at radius 2 is 0.848 bits per heavy atom. The molecule has 5 heteroatoms. The second-order valence-corrected chi connectivity index (χ2v) is 17.1. The molecule has 2 aliphatic rings. The molecule has 14 rings (SSSR count). The summed E-state index contributed by atoms with van der Waals surface area (Å²) >= 11 is 0. The van der Waals surface area contributed by atoms with Crippen LogP contribution in [0.1, 0.15) is 22.3 Å².